The third-order valence-electron chi connectivity index (χ3n) is 5.83. The normalized spacial score (nSPS) is 17.4. The van der Waals surface area contributed by atoms with Gasteiger partial charge in [-0.05, 0) is 31.4 Å². The molecule has 1 aliphatic heterocycles. The highest BCUT2D eigenvalue weighted by Gasteiger charge is 2.27. The number of aromatic nitrogens is 3. The summed E-state index contributed by atoms with van der Waals surface area (Å²) in [5, 5.41) is 12.6. The van der Waals surface area contributed by atoms with Crippen LogP contribution in [0.1, 0.15) is 37.2 Å². The lowest BCUT2D eigenvalue weighted by molar-refractivity contribution is -0.120. The van der Waals surface area contributed by atoms with Crippen LogP contribution in [0, 0.1) is 0 Å². The molecule has 0 saturated carbocycles. The monoisotopic (exact) mass is 449 g/mol. The van der Waals surface area contributed by atoms with Crippen molar-refractivity contribution in [2.24, 2.45) is 0 Å². The van der Waals surface area contributed by atoms with E-state index in [1.54, 1.807) is 0 Å². The van der Waals surface area contributed by atoms with Crippen molar-refractivity contribution in [1.29, 1.82) is 0 Å². The SMILES string of the molecule is CCn1c(Cc2ccccc2)nnc1SC(C)C(=O)NC1CCN(Cc2ccccc2)C1. The Morgan fingerprint density at radius 3 is 2.47 bits per heavy atom. The minimum Gasteiger partial charge on any atom is -0.351 e. The molecule has 6 nitrogen and oxygen atoms in total. The molecule has 1 fully saturated rings. The highest BCUT2D eigenvalue weighted by Crippen LogP contribution is 2.24. The standard InChI is InChI=1S/C25H31N5OS/c1-3-30-23(16-20-10-6-4-7-11-20)27-28-25(30)32-19(2)24(31)26-22-14-15-29(18-22)17-21-12-8-5-9-13-21/h4-13,19,22H,3,14-18H2,1-2H3,(H,26,31). The quantitative estimate of drug-likeness (QED) is 0.504. The van der Waals surface area contributed by atoms with Gasteiger partial charge in [0.25, 0.3) is 0 Å². The fourth-order valence-corrected chi connectivity index (χ4v) is 5.04. The maximum Gasteiger partial charge on any atom is 0.233 e. The number of benzene rings is 2. The molecule has 2 unspecified atom stereocenters. The van der Waals surface area contributed by atoms with Crippen LogP contribution in [-0.4, -0.2) is 50.0 Å². The van der Waals surface area contributed by atoms with Gasteiger partial charge in [-0.15, -0.1) is 10.2 Å². The first-order chi connectivity index (χ1) is 15.6. The maximum absolute atomic E-state index is 12.9. The fourth-order valence-electron chi connectivity index (χ4n) is 4.10. The number of nitrogens with zero attached hydrogens (tertiary/aromatic N) is 4. The molecule has 1 aromatic heterocycles. The van der Waals surface area contributed by atoms with Crippen molar-refractivity contribution in [1.82, 2.24) is 25.0 Å². The Hall–Kier alpha value is -2.64. The predicted molar refractivity (Wildman–Crippen MR) is 129 cm³/mol. The van der Waals surface area contributed by atoms with Gasteiger partial charge in [0.2, 0.25) is 5.91 Å². The Kier molecular flexibility index (Phi) is 7.60. The van der Waals surface area contributed by atoms with E-state index < -0.39 is 0 Å². The molecule has 1 saturated heterocycles. The van der Waals surface area contributed by atoms with Gasteiger partial charge in [0, 0.05) is 38.6 Å². The highest BCUT2D eigenvalue weighted by molar-refractivity contribution is 8.00. The molecule has 2 atom stereocenters. The summed E-state index contributed by atoms with van der Waals surface area (Å²) in [6, 6.07) is 21.0. The van der Waals surface area contributed by atoms with Crippen molar-refractivity contribution < 1.29 is 4.79 Å². The van der Waals surface area contributed by atoms with Crippen LogP contribution in [0.5, 0.6) is 0 Å². The molecular formula is C25H31N5OS. The highest BCUT2D eigenvalue weighted by atomic mass is 32.2. The molecule has 1 aliphatic rings. The molecule has 0 radical (unpaired) electrons. The zero-order chi connectivity index (χ0) is 22.3. The number of hydrogen-bond donors (Lipinski definition) is 1. The topological polar surface area (TPSA) is 63.1 Å². The summed E-state index contributed by atoms with van der Waals surface area (Å²) < 4.78 is 2.11. The predicted octanol–water partition coefficient (Wildman–Crippen LogP) is 3.76. The van der Waals surface area contributed by atoms with Crippen LogP contribution in [-0.2, 0) is 24.3 Å². The lowest BCUT2D eigenvalue weighted by Crippen LogP contribution is -2.40. The number of rotatable bonds is 9. The average Bonchev–Trinajstić information content (AvgIpc) is 3.41. The van der Waals surface area contributed by atoms with Gasteiger partial charge < -0.3 is 9.88 Å². The lowest BCUT2D eigenvalue weighted by atomic mass is 10.1. The van der Waals surface area contributed by atoms with Crippen LogP contribution >= 0.6 is 11.8 Å². The molecular weight excluding hydrogens is 418 g/mol. The van der Waals surface area contributed by atoms with Crippen molar-refractivity contribution in [2.75, 3.05) is 13.1 Å². The number of likely N-dealkylation sites (tertiary alicyclic amines) is 1. The average molecular weight is 450 g/mol. The molecule has 0 aliphatic carbocycles. The molecule has 32 heavy (non-hydrogen) atoms. The van der Waals surface area contributed by atoms with E-state index in [9.17, 15) is 4.79 Å². The second-order valence-corrected chi connectivity index (χ2v) is 9.59. The van der Waals surface area contributed by atoms with Gasteiger partial charge in [0.15, 0.2) is 5.16 Å². The number of carbonyl (C=O) groups is 1. The van der Waals surface area contributed by atoms with E-state index in [1.165, 1.54) is 22.9 Å². The van der Waals surface area contributed by atoms with Crippen LogP contribution in [0.25, 0.3) is 0 Å². The van der Waals surface area contributed by atoms with Crippen LogP contribution in [0.3, 0.4) is 0 Å². The first-order valence-corrected chi connectivity index (χ1v) is 12.2. The van der Waals surface area contributed by atoms with E-state index in [4.69, 9.17) is 0 Å². The van der Waals surface area contributed by atoms with Gasteiger partial charge in [-0.2, -0.15) is 0 Å². The van der Waals surface area contributed by atoms with Gasteiger partial charge in [0.1, 0.15) is 5.82 Å². The molecule has 0 bridgehead atoms. The minimum atomic E-state index is -0.225. The second kappa shape index (κ2) is 10.8. The molecule has 0 spiro atoms. The van der Waals surface area contributed by atoms with Crippen LogP contribution in [0.15, 0.2) is 65.8 Å². The van der Waals surface area contributed by atoms with Gasteiger partial charge in [-0.1, -0.05) is 72.4 Å². The number of nitrogens with one attached hydrogen (secondary N) is 1. The van der Waals surface area contributed by atoms with E-state index in [-0.39, 0.29) is 17.2 Å². The van der Waals surface area contributed by atoms with E-state index >= 15 is 0 Å². The Balaban J connectivity index is 1.30. The third kappa shape index (κ3) is 5.78. The minimum absolute atomic E-state index is 0.0665. The molecule has 1 N–H and O–H groups in total. The summed E-state index contributed by atoms with van der Waals surface area (Å²) in [5.41, 5.74) is 2.52. The molecule has 4 rings (SSSR count). The lowest BCUT2D eigenvalue weighted by Gasteiger charge is -2.18. The first kappa shape index (κ1) is 22.6. The number of amides is 1. The zero-order valence-corrected chi connectivity index (χ0v) is 19.6. The first-order valence-electron chi connectivity index (χ1n) is 11.3. The third-order valence-corrected chi connectivity index (χ3v) is 6.91. The molecule has 2 heterocycles. The summed E-state index contributed by atoms with van der Waals surface area (Å²) >= 11 is 1.48. The molecule has 168 valence electrons. The van der Waals surface area contributed by atoms with Gasteiger partial charge in [-0.25, -0.2) is 0 Å². The van der Waals surface area contributed by atoms with Crippen LogP contribution in [0.4, 0.5) is 0 Å². The maximum atomic E-state index is 12.9. The number of hydrogen-bond acceptors (Lipinski definition) is 5. The smallest absolute Gasteiger partial charge is 0.233 e. The molecule has 3 aromatic rings. The van der Waals surface area contributed by atoms with Gasteiger partial charge in [-0.3, -0.25) is 9.69 Å². The summed E-state index contributed by atoms with van der Waals surface area (Å²) in [5.74, 6) is 0.998. The Bertz CT molecular complexity index is 1010. The number of carbonyl (C=O) groups excluding carboxylic acids is 1. The zero-order valence-electron chi connectivity index (χ0n) is 18.8. The Morgan fingerprint density at radius 1 is 1.09 bits per heavy atom. The van der Waals surface area contributed by atoms with Crippen molar-refractivity contribution in [3.05, 3.63) is 77.6 Å². The molecule has 7 heteroatoms. The number of thioether (sulfide) groups is 1. The van der Waals surface area contributed by atoms with Crippen molar-refractivity contribution in [3.8, 4) is 0 Å². The van der Waals surface area contributed by atoms with Crippen LogP contribution in [0.2, 0.25) is 0 Å². The summed E-state index contributed by atoms with van der Waals surface area (Å²) in [4.78, 5) is 15.3. The van der Waals surface area contributed by atoms with E-state index in [0.29, 0.717) is 0 Å². The largest absolute Gasteiger partial charge is 0.351 e. The van der Waals surface area contributed by atoms with E-state index in [1.807, 2.05) is 31.2 Å². The Labute approximate surface area is 194 Å². The van der Waals surface area contributed by atoms with E-state index in [0.717, 1.165) is 50.0 Å². The van der Waals surface area contributed by atoms with Crippen LogP contribution < -0.4 is 5.32 Å². The molecule has 2 aromatic carbocycles. The summed E-state index contributed by atoms with van der Waals surface area (Å²) in [7, 11) is 0. The van der Waals surface area contributed by atoms with Gasteiger partial charge in [0.05, 0.1) is 5.25 Å². The fraction of sp³-hybridized carbons (Fsp3) is 0.400. The summed E-state index contributed by atoms with van der Waals surface area (Å²) in [6.07, 6.45) is 1.73. The van der Waals surface area contributed by atoms with Crippen molar-refractivity contribution in [3.63, 3.8) is 0 Å². The summed E-state index contributed by atoms with van der Waals surface area (Å²) in [6.45, 7) is 7.65. The van der Waals surface area contributed by atoms with Crippen molar-refractivity contribution >= 4 is 17.7 Å². The van der Waals surface area contributed by atoms with Crippen molar-refractivity contribution in [2.45, 2.75) is 56.2 Å². The Morgan fingerprint density at radius 2 is 1.78 bits per heavy atom. The molecule has 1 amide bonds. The second-order valence-electron chi connectivity index (χ2n) is 8.28. The van der Waals surface area contributed by atoms with Gasteiger partial charge >= 0.3 is 0 Å². The van der Waals surface area contributed by atoms with E-state index in [2.05, 4.69) is 68.3 Å².